The molecule has 1 heterocycles. The van der Waals surface area contributed by atoms with Crippen molar-refractivity contribution in [2.24, 2.45) is 0 Å². The smallest absolute Gasteiger partial charge is 0.269 e. The van der Waals surface area contributed by atoms with Gasteiger partial charge in [-0.25, -0.2) is 0 Å². The molecule has 0 unspecified atom stereocenters. The van der Waals surface area contributed by atoms with Crippen LogP contribution in [0.2, 0.25) is 5.02 Å². The minimum atomic E-state index is -0.453. The normalized spacial score (nSPS) is 11.1. The van der Waals surface area contributed by atoms with Crippen molar-refractivity contribution in [2.75, 3.05) is 0 Å². The molecular formula is C19H11ClN2O3. The standard InChI is InChI=1S/C19H11ClN2O3/c20-16-5-1-13(2-6-16)15(12-21)11-18-9-10-19(25-18)14-3-7-17(8-4-14)22(23)24/h1-11H/b15-11-. The summed E-state index contributed by atoms with van der Waals surface area (Å²) in [6.45, 7) is 0. The number of furan rings is 1. The van der Waals surface area contributed by atoms with E-state index in [9.17, 15) is 15.4 Å². The van der Waals surface area contributed by atoms with Crippen LogP contribution in [-0.4, -0.2) is 4.92 Å². The van der Waals surface area contributed by atoms with Gasteiger partial charge in [0.25, 0.3) is 5.69 Å². The molecule has 0 saturated heterocycles. The maximum absolute atomic E-state index is 10.7. The third kappa shape index (κ3) is 3.77. The summed E-state index contributed by atoms with van der Waals surface area (Å²) >= 11 is 5.86. The van der Waals surface area contributed by atoms with Crippen LogP contribution in [0.5, 0.6) is 0 Å². The molecule has 0 radical (unpaired) electrons. The van der Waals surface area contributed by atoms with Crippen molar-refractivity contribution in [3.63, 3.8) is 0 Å². The fourth-order valence-corrected chi connectivity index (χ4v) is 2.41. The summed E-state index contributed by atoms with van der Waals surface area (Å²) in [6.07, 6.45) is 1.64. The average molecular weight is 351 g/mol. The summed E-state index contributed by atoms with van der Waals surface area (Å²) in [6, 6.07) is 18.7. The van der Waals surface area contributed by atoms with Gasteiger partial charge in [-0.1, -0.05) is 23.7 Å². The van der Waals surface area contributed by atoms with Crippen LogP contribution in [0, 0.1) is 21.4 Å². The Labute approximate surface area is 148 Å². The van der Waals surface area contributed by atoms with E-state index in [0.717, 1.165) is 11.1 Å². The van der Waals surface area contributed by atoms with Gasteiger partial charge in [-0.15, -0.1) is 0 Å². The number of hydrogen-bond donors (Lipinski definition) is 0. The monoisotopic (exact) mass is 350 g/mol. The van der Waals surface area contributed by atoms with Gasteiger partial charge in [0, 0.05) is 22.7 Å². The molecule has 2 aromatic carbocycles. The van der Waals surface area contributed by atoms with E-state index in [4.69, 9.17) is 16.0 Å². The number of nitrogens with zero attached hydrogens (tertiary/aromatic N) is 2. The molecule has 5 nitrogen and oxygen atoms in total. The van der Waals surface area contributed by atoms with Crippen molar-refractivity contribution in [3.8, 4) is 17.4 Å². The van der Waals surface area contributed by atoms with Gasteiger partial charge in [-0.3, -0.25) is 10.1 Å². The minimum absolute atomic E-state index is 0.0185. The van der Waals surface area contributed by atoms with Crippen molar-refractivity contribution in [1.29, 1.82) is 5.26 Å². The van der Waals surface area contributed by atoms with Crippen LogP contribution < -0.4 is 0 Å². The summed E-state index contributed by atoms with van der Waals surface area (Å²) in [5.41, 5.74) is 1.92. The highest BCUT2D eigenvalue weighted by molar-refractivity contribution is 6.30. The first-order valence-electron chi connectivity index (χ1n) is 7.29. The Morgan fingerprint density at radius 3 is 2.36 bits per heavy atom. The van der Waals surface area contributed by atoms with Crippen LogP contribution in [-0.2, 0) is 0 Å². The van der Waals surface area contributed by atoms with Crippen molar-refractivity contribution < 1.29 is 9.34 Å². The third-order valence-corrected chi connectivity index (χ3v) is 3.80. The second kappa shape index (κ2) is 7.04. The molecule has 1 aromatic heterocycles. The van der Waals surface area contributed by atoms with Gasteiger partial charge in [-0.2, -0.15) is 5.26 Å². The predicted octanol–water partition coefficient (Wildman–Crippen LogP) is 5.57. The lowest BCUT2D eigenvalue weighted by molar-refractivity contribution is -0.384. The lowest BCUT2D eigenvalue weighted by Crippen LogP contribution is -1.86. The van der Waals surface area contributed by atoms with Crippen molar-refractivity contribution >= 4 is 28.9 Å². The van der Waals surface area contributed by atoms with Crippen LogP contribution in [0.4, 0.5) is 5.69 Å². The molecule has 0 aliphatic heterocycles. The Morgan fingerprint density at radius 1 is 1.08 bits per heavy atom. The Hall–Kier alpha value is -3.36. The maximum atomic E-state index is 10.7. The van der Waals surface area contributed by atoms with E-state index in [-0.39, 0.29) is 5.69 Å². The number of hydrogen-bond acceptors (Lipinski definition) is 4. The van der Waals surface area contributed by atoms with Gasteiger partial charge in [0.15, 0.2) is 0 Å². The van der Waals surface area contributed by atoms with Crippen LogP contribution in [0.25, 0.3) is 23.0 Å². The highest BCUT2D eigenvalue weighted by Crippen LogP contribution is 2.27. The quantitative estimate of drug-likeness (QED) is 0.350. The number of nitro benzene ring substituents is 1. The van der Waals surface area contributed by atoms with Gasteiger partial charge in [0.1, 0.15) is 11.5 Å². The molecule has 25 heavy (non-hydrogen) atoms. The van der Waals surface area contributed by atoms with Gasteiger partial charge < -0.3 is 4.42 Å². The highest BCUT2D eigenvalue weighted by atomic mass is 35.5. The zero-order valence-corrected chi connectivity index (χ0v) is 13.6. The van der Waals surface area contributed by atoms with E-state index in [1.54, 1.807) is 54.6 Å². The molecule has 0 bridgehead atoms. The van der Waals surface area contributed by atoms with Crippen molar-refractivity contribution in [1.82, 2.24) is 0 Å². The van der Waals surface area contributed by atoms with E-state index in [1.807, 2.05) is 0 Å². The topological polar surface area (TPSA) is 80.1 Å². The first-order valence-corrected chi connectivity index (χ1v) is 7.67. The largest absolute Gasteiger partial charge is 0.457 e. The Balaban J connectivity index is 1.88. The molecule has 0 aliphatic carbocycles. The molecule has 122 valence electrons. The second-order valence-electron chi connectivity index (χ2n) is 5.18. The first-order chi connectivity index (χ1) is 12.1. The third-order valence-electron chi connectivity index (χ3n) is 3.55. The van der Waals surface area contributed by atoms with E-state index in [2.05, 4.69) is 6.07 Å². The van der Waals surface area contributed by atoms with Gasteiger partial charge in [0.2, 0.25) is 0 Å². The van der Waals surface area contributed by atoms with E-state index < -0.39 is 4.92 Å². The molecule has 3 aromatic rings. The van der Waals surface area contributed by atoms with Crippen LogP contribution in [0.1, 0.15) is 11.3 Å². The first kappa shape index (κ1) is 16.5. The molecular weight excluding hydrogens is 340 g/mol. The summed E-state index contributed by atoms with van der Waals surface area (Å²) in [5.74, 6) is 1.08. The fraction of sp³-hybridized carbons (Fsp3) is 0. The molecule has 6 heteroatoms. The zero-order chi connectivity index (χ0) is 17.8. The maximum Gasteiger partial charge on any atom is 0.269 e. The van der Waals surface area contributed by atoms with Crippen LogP contribution in [0.3, 0.4) is 0 Å². The van der Waals surface area contributed by atoms with E-state index in [0.29, 0.717) is 22.1 Å². The number of halogens is 1. The number of allylic oxidation sites excluding steroid dienone is 1. The zero-order valence-electron chi connectivity index (χ0n) is 12.8. The average Bonchev–Trinajstić information content (AvgIpc) is 3.09. The van der Waals surface area contributed by atoms with E-state index in [1.165, 1.54) is 12.1 Å². The van der Waals surface area contributed by atoms with Crippen LogP contribution in [0.15, 0.2) is 65.1 Å². The molecule has 0 saturated carbocycles. The lowest BCUT2D eigenvalue weighted by Gasteiger charge is -1.99. The minimum Gasteiger partial charge on any atom is -0.457 e. The lowest BCUT2D eigenvalue weighted by atomic mass is 10.1. The highest BCUT2D eigenvalue weighted by Gasteiger charge is 2.09. The van der Waals surface area contributed by atoms with Crippen molar-refractivity contribution in [2.45, 2.75) is 0 Å². The van der Waals surface area contributed by atoms with Crippen LogP contribution >= 0.6 is 11.6 Å². The van der Waals surface area contributed by atoms with Gasteiger partial charge in [-0.05, 0) is 48.0 Å². The molecule has 0 fully saturated rings. The van der Waals surface area contributed by atoms with Gasteiger partial charge >= 0.3 is 0 Å². The fourth-order valence-electron chi connectivity index (χ4n) is 2.28. The predicted molar refractivity (Wildman–Crippen MR) is 95.7 cm³/mol. The molecule has 0 N–H and O–H groups in total. The Bertz CT molecular complexity index is 981. The second-order valence-corrected chi connectivity index (χ2v) is 5.62. The number of rotatable bonds is 4. The molecule has 3 rings (SSSR count). The number of non-ortho nitro benzene ring substituents is 1. The number of nitriles is 1. The summed E-state index contributed by atoms with van der Waals surface area (Å²) in [5, 5.41) is 20.7. The molecule has 0 amide bonds. The molecule has 0 aliphatic rings. The van der Waals surface area contributed by atoms with E-state index >= 15 is 0 Å². The number of nitro groups is 1. The SMILES string of the molecule is N#C/C(=C/c1ccc(-c2ccc([N+](=O)[O-])cc2)o1)c1ccc(Cl)cc1. The number of benzene rings is 2. The molecule has 0 atom stereocenters. The summed E-state index contributed by atoms with van der Waals surface area (Å²) in [4.78, 5) is 10.2. The van der Waals surface area contributed by atoms with Gasteiger partial charge in [0.05, 0.1) is 16.6 Å². The summed E-state index contributed by atoms with van der Waals surface area (Å²) in [7, 11) is 0. The Kier molecular flexibility index (Phi) is 4.64. The van der Waals surface area contributed by atoms with Crippen molar-refractivity contribution in [3.05, 3.63) is 87.1 Å². The molecule has 0 spiro atoms. The Morgan fingerprint density at radius 2 is 1.76 bits per heavy atom. The summed E-state index contributed by atoms with van der Waals surface area (Å²) < 4.78 is 5.72.